The molecular formula is C37H25IrN3O-2. The molecule has 0 N–H and O–H groups in total. The summed E-state index contributed by atoms with van der Waals surface area (Å²) in [6.07, 6.45) is 2.75. The largest absolute Gasteiger partial charge is 0.500 e. The summed E-state index contributed by atoms with van der Waals surface area (Å²) in [7, 11) is 0. The monoisotopic (exact) mass is 726 g/mol. The third-order valence-corrected chi connectivity index (χ3v) is 6.55. The Bertz CT molecular complexity index is 2210. The minimum atomic E-state index is -2.21. The maximum Gasteiger partial charge on any atom is 0.130 e. The number of hydrogen-bond donors (Lipinski definition) is 0. The fourth-order valence-corrected chi connectivity index (χ4v) is 4.63. The average Bonchev–Trinajstić information content (AvgIpc) is 3.47. The summed E-state index contributed by atoms with van der Waals surface area (Å²) < 4.78 is 50.6. The van der Waals surface area contributed by atoms with Crippen LogP contribution in [0.15, 0.2) is 120 Å². The predicted molar refractivity (Wildman–Crippen MR) is 164 cm³/mol. The van der Waals surface area contributed by atoms with Crippen molar-refractivity contribution in [2.24, 2.45) is 0 Å². The fraction of sp³-hybridized carbons (Fsp3) is 0.0541. The van der Waals surface area contributed by atoms with E-state index in [2.05, 4.69) is 28.2 Å². The van der Waals surface area contributed by atoms with Crippen molar-refractivity contribution in [1.82, 2.24) is 9.97 Å². The van der Waals surface area contributed by atoms with Gasteiger partial charge in [-0.25, -0.2) is 0 Å². The first kappa shape index (κ1) is 21.8. The Morgan fingerprint density at radius 3 is 2.07 bits per heavy atom. The van der Waals surface area contributed by atoms with E-state index in [1.54, 1.807) is 42.5 Å². The summed E-state index contributed by atoms with van der Waals surface area (Å²) in [5, 5.41) is 11.5. The Labute approximate surface area is 267 Å². The number of nitriles is 1. The van der Waals surface area contributed by atoms with Gasteiger partial charge in [0.25, 0.3) is 0 Å². The van der Waals surface area contributed by atoms with E-state index in [0.717, 1.165) is 33.2 Å². The van der Waals surface area contributed by atoms with Crippen LogP contribution in [0.5, 0.6) is 0 Å². The molecule has 0 atom stereocenters. The average molecular weight is 726 g/mol. The van der Waals surface area contributed by atoms with E-state index in [1.807, 2.05) is 60.7 Å². The Kier molecular flexibility index (Phi) is 6.62. The molecule has 3 heterocycles. The third-order valence-electron chi connectivity index (χ3n) is 6.55. The first-order valence-electron chi connectivity index (χ1n) is 15.8. The quantitative estimate of drug-likeness (QED) is 0.171. The topological polar surface area (TPSA) is 62.7 Å². The molecule has 4 aromatic carbocycles. The van der Waals surface area contributed by atoms with Crippen molar-refractivity contribution in [3.8, 4) is 39.7 Å². The number of rotatable bonds is 3. The van der Waals surface area contributed by atoms with Crippen LogP contribution in [0, 0.1) is 37.2 Å². The van der Waals surface area contributed by atoms with Crippen LogP contribution < -0.4 is 0 Å². The second-order valence-electron chi connectivity index (χ2n) is 9.18. The van der Waals surface area contributed by atoms with Crippen LogP contribution in [0.1, 0.15) is 24.9 Å². The number of hydrogen-bond acceptors (Lipinski definition) is 4. The van der Waals surface area contributed by atoms with Crippen LogP contribution in [0.2, 0.25) is 0 Å². The molecule has 0 saturated heterocycles. The molecule has 0 unspecified atom stereocenters. The van der Waals surface area contributed by atoms with Crippen LogP contribution >= 0.6 is 0 Å². The van der Waals surface area contributed by atoms with Crippen molar-refractivity contribution in [2.75, 3.05) is 0 Å². The molecule has 205 valence electrons. The molecule has 0 saturated carbocycles. The Hall–Kier alpha value is -4.88. The van der Waals surface area contributed by atoms with E-state index in [1.165, 1.54) is 12.4 Å². The number of nitrogens with zero attached hydrogens (tertiary/aromatic N) is 3. The third kappa shape index (κ3) is 5.78. The van der Waals surface area contributed by atoms with Crippen LogP contribution in [-0.4, -0.2) is 9.97 Å². The first-order chi connectivity index (χ1) is 22.5. The summed E-state index contributed by atoms with van der Waals surface area (Å²) in [6.45, 7) is -4.30. The minimum absolute atomic E-state index is 0. The Morgan fingerprint density at radius 1 is 0.714 bits per heavy atom. The summed E-state index contributed by atoms with van der Waals surface area (Å²) in [6, 6.07) is 39.5. The van der Waals surface area contributed by atoms with E-state index >= 15 is 0 Å². The number of pyridine rings is 2. The molecule has 1 radical (unpaired) electrons. The summed E-state index contributed by atoms with van der Waals surface area (Å²) in [4.78, 5) is 8.47. The second kappa shape index (κ2) is 12.7. The van der Waals surface area contributed by atoms with Crippen molar-refractivity contribution < 1.29 is 32.7 Å². The smallest absolute Gasteiger partial charge is 0.130 e. The van der Waals surface area contributed by atoms with Crippen molar-refractivity contribution in [3.63, 3.8) is 0 Å². The van der Waals surface area contributed by atoms with Gasteiger partial charge >= 0.3 is 0 Å². The molecule has 0 fully saturated rings. The number of furan rings is 1. The molecule has 5 heteroatoms. The predicted octanol–water partition coefficient (Wildman–Crippen LogP) is 9.15. The number of fused-ring (bicyclic) bond motifs is 3. The van der Waals surface area contributed by atoms with Crippen molar-refractivity contribution >= 4 is 21.9 Å². The molecule has 7 aromatic rings. The maximum atomic E-state index is 9.68. The molecule has 0 bridgehead atoms. The van der Waals surface area contributed by atoms with Crippen molar-refractivity contribution in [1.29, 1.82) is 5.26 Å². The molecule has 0 aliphatic heterocycles. The van der Waals surface area contributed by atoms with Crippen LogP contribution in [-0.2, 0) is 20.1 Å². The summed E-state index contributed by atoms with van der Waals surface area (Å²) in [5.74, 6) is 0. The van der Waals surface area contributed by atoms with E-state index in [-0.39, 0.29) is 31.2 Å². The second-order valence-corrected chi connectivity index (χ2v) is 9.18. The number of benzene rings is 4. The normalized spacial score (nSPS) is 13.1. The van der Waals surface area contributed by atoms with E-state index < -0.39 is 13.7 Å². The zero-order chi connectivity index (χ0) is 33.2. The summed E-state index contributed by atoms with van der Waals surface area (Å²) in [5.41, 5.74) is 6.63. The molecule has 0 spiro atoms. The SMILES string of the molecule is [2H]C([2H])([2H])c1ccc(-c2[c-]ccc3c2oc2c(-c4ccccc4)c(C#N)ccc23)nc1.[2H]C([2H])([2H])c1ccc(-c2[c-]cccc2)nc1.[Ir]. The van der Waals surface area contributed by atoms with Gasteiger partial charge < -0.3 is 14.4 Å². The van der Waals surface area contributed by atoms with Crippen molar-refractivity contribution in [2.45, 2.75) is 13.7 Å². The van der Waals surface area contributed by atoms with Crippen LogP contribution in [0.3, 0.4) is 0 Å². The van der Waals surface area contributed by atoms with Gasteiger partial charge in [0, 0.05) is 51.7 Å². The Morgan fingerprint density at radius 2 is 1.43 bits per heavy atom. The van der Waals surface area contributed by atoms with E-state index in [4.69, 9.17) is 12.6 Å². The minimum Gasteiger partial charge on any atom is -0.500 e. The van der Waals surface area contributed by atoms with Crippen LogP contribution in [0.25, 0.3) is 55.6 Å². The zero-order valence-electron chi connectivity index (χ0n) is 28.1. The molecular weight excluding hydrogens is 695 g/mol. The standard InChI is InChI=1S/C25H15N2O.C12H10N.Ir/c1-16-10-13-22(27-15-16)21-9-5-8-19-20-12-11-18(14-26)23(25(20)28-24(19)21)17-6-3-2-4-7-17;1-10-7-8-12(13-9-10)11-5-3-2-4-6-11;/h2-8,10-13,15H,1H3;2-5,7-9H,1H3;/q2*-1;/i2*1D3;. The fourth-order valence-electron chi connectivity index (χ4n) is 4.63. The summed E-state index contributed by atoms with van der Waals surface area (Å²) >= 11 is 0. The molecule has 0 aliphatic carbocycles. The Balaban J connectivity index is 0.000000224. The molecule has 3 aromatic heterocycles. The van der Waals surface area contributed by atoms with Gasteiger partial charge in [0.05, 0.1) is 17.2 Å². The van der Waals surface area contributed by atoms with Gasteiger partial charge in [0.15, 0.2) is 0 Å². The van der Waals surface area contributed by atoms with Crippen molar-refractivity contribution in [3.05, 3.63) is 144 Å². The van der Waals surface area contributed by atoms with E-state index in [0.29, 0.717) is 28.0 Å². The zero-order valence-corrected chi connectivity index (χ0v) is 24.4. The van der Waals surface area contributed by atoms with Gasteiger partial charge in [-0.1, -0.05) is 71.6 Å². The van der Waals surface area contributed by atoms with Gasteiger partial charge in [0.1, 0.15) is 5.58 Å². The molecule has 7 rings (SSSR count). The molecule has 4 nitrogen and oxygen atoms in total. The van der Waals surface area contributed by atoms with Gasteiger partial charge in [-0.2, -0.15) is 5.26 Å². The van der Waals surface area contributed by atoms with Gasteiger partial charge in [-0.05, 0) is 47.8 Å². The first-order valence-corrected chi connectivity index (χ1v) is 12.8. The van der Waals surface area contributed by atoms with Crippen LogP contribution in [0.4, 0.5) is 0 Å². The molecule has 42 heavy (non-hydrogen) atoms. The molecule has 0 aliphatic rings. The number of aromatic nitrogens is 2. The molecule has 0 amide bonds. The van der Waals surface area contributed by atoms with Gasteiger partial charge in [-0.3, -0.25) is 0 Å². The van der Waals surface area contributed by atoms with E-state index in [9.17, 15) is 5.26 Å². The van der Waals surface area contributed by atoms with Gasteiger partial charge in [0.2, 0.25) is 0 Å². The maximum absolute atomic E-state index is 9.68. The van der Waals surface area contributed by atoms with Gasteiger partial charge in [-0.15, -0.1) is 54.1 Å². The number of aryl methyl sites for hydroxylation is 2.